The molecule has 28 heavy (non-hydrogen) atoms. The van der Waals surface area contributed by atoms with E-state index in [1.807, 2.05) is 31.2 Å². The summed E-state index contributed by atoms with van der Waals surface area (Å²) in [6, 6.07) is 13.3. The zero-order valence-corrected chi connectivity index (χ0v) is 16.6. The average Bonchev–Trinajstić information content (AvgIpc) is 3.12. The van der Waals surface area contributed by atoms with E-state index in [1.165, 1.54) is 23.9 Å². The lowest BCUT2D eigenvalue weighted by Crippen LogP contribution is -2.18. The van der Waals surface area contributed by atoms with Gasteiger partial charge in [-0.15, -0.1) is 11.8 Å². The number of hydrogen-bond donors (Lipinski definition) is 2. The number of carbonyl (C=O) groups is 2. The van der Waals surface area contributed by atoms with Crippen LogP contribution in [0.15, 0.2) is 48.5 Å². The molecular formula is C19H17FN4O2S2. The molecule has 0 aliphatic rings. The lowest BCUT2D eigenvalue weighted by Gasteiger charge is -2.05. The van der Waals surface area contributed by atoms with Gasteiger partial charge < -0.3 is 5.32 Å². The van der Waals surface area contributed by atoms with Crippen LogP contribution < -0.4 is 10.6 Å². The van der Waals surface area contributed by atoms with Crippen molar-refractivity contribution in [2.75, 3.05) is 22.1 Å². The van der Waals surface area contributed by atoms with Gasteiger partial charge >= 0.3 is 0 Å². The van der Waals surface area contributed by atoms with E-state index in [4.69, 9.17) is 0 Å². The number of rotatable bonds is 7. The van der Waals surface area contributed by atoms with Crippen LogP contribution >= 0.6 is 23.3 Å². The summed E-state index contributed by atoms with van der Waals surface area (Å²) in [7, 11) is 0. The molecule has 0 aliphatic heterocycles. The van der Waals surface area contributed by atoms with Crippen LogP contribution in [0.1, 0.15) is 5.56 Å². The van der Waals surface area contributed by atoms with Crippen LogP contribution in [-0.2, 0) is 9.59 Å². The van der Waals surface area contributed by atoms with E-state index in [0.29, 0.717) is 16.5 Å². The third-order valence-corrected chi connectivity index (χ3v) is 5.14. The van der Waals surface area contributed by atoms with Crippen molar-refractivity contribution < 1.29 is 14.0 Å². The predicted octanol–water partition coefficient (Wildman–Crippen LogP) is 3.96. The maximum Gasteiger partial charge on any atom is 0.236 e. The van der Waals surface area contributed by atoms with Crippen LogP contribution in [0.5, 0.6) is 0 Å². The molecule has 0 spiro atoms. The second-order valence-corrected chi connectivity index (χ2v) is 7.62. The van der Waals surface area contributed by atoms with Crippen LogP contribution in [0, 0.1) is 12.7 Å². The highest BCUT2D eigenvalue weighted by molar-refractivity contribution is 8.00. The fraction of sp³-hybridized carbons (Fsp3) is 0.158. The van der Waals surface area contributed by atoms with Crippen molar-refractivity contribution in [2.24, 2.45) is 0 Å². The Balaban J connectivity index is 1.42. The quantitative estimate of drug-likeness (QED) is 0.609. The first kappa shape index (κ1) is 20.0. The molecule has 0 saturated heterocycles. The standard InChI is InChI=1S/C19H17FN4O2S2/c1-12-2-8-15(9-3-12)21-16(25)10-27-11-17(26)22-19-23-18(24-28-19)13-4-6-14(20)7-5-13/h2-9H,10-11H2,1H3,(H,21,25)(H,22,23,24,26). The van der Waals surface area contributed by atoms with Crippen molar-refractivity contribution in [2.45, 2.75) is 6.92 Å². The first-order chi connectivity index (χ1) is 13.5. The Morgan fingerprint density at radius 2 is 1.64 bits per heavy atom. The van der Waals surface area contributed by atoms with Crippen molar-refractivity contribution in [3.8, 4) is 11.4 Å². The second-order valence-electron chi connectivity index (χ2n) is 5.89. The van der Waals surface area contributed by atoms with E-state index in [-0.39, 0.29) is 29.1 Å². The van der Waals surface area contributed by atoms with Gasteiger partial charge in [0.2, 0.25) is 16.9 Å². The van der Waals surface area contributed by atoms with Gasteiger partial charge in [-0.2, -0.15) is 9.36 Å². The number of thioether (sulfide) groups is 1. The molecule has 0 aliphatic carbocycles. The molecule has 144 valence electrons. The smallest absolute Gasteiger partial charge is 0.236 e. The molecule has 0 atom stereocenters. The molecule has 1 heterocycles. The lowest BCUT2D eigenvalue weighted by molar-refractivity contribution is -0.114. The van der Waals surface area contributed by atoms with Crippen LogP contribution in [0.2, 0.25) is 0 Å². The molecule has 2 N–H and O–H groups in total. The molecule has 0 bridgehead atoms. The zero-order valence-electron chi connectivity index (χ0n) is 14.9. The van der Waals surface area contributed by atoms with E-state index in [2.05, 4.69) is 20.0 Å². The summed E-state index contributed by atoms with van der Waals surface area (Å²) in [4.78, 5) is 28.1. The molecule has 6 nitrogen and oxygen atoms in total. The Labute approximate surface area is 169 Å². The van der Waals surface area contributed by atoms with E-state index >= 15 is 0 Å². The normalized spacial score (nSPS) is 10.5. The Bertz CT molecular complexity index is 959. The highest BCUT2D eigenvalue weighted by atomic mass is 32.2. The van der Waals surface area contributed by atoms with Gasteiger partial charge in [-0.3, -0.25) is 14.9 Å². The number of benzene rings is 2. The third kappa shape index (κ3) is 5.86. The molecule has 2 amide bonds. The maximum atomic E-state index is 13.0. The SMILES string of the molecule is Cc1ccc(NC(=O)CSCC(=O)Nc2nc(-c3ccc(F)cc3)ns2)cc1. The molecule has 1 aromatic heterocycles. The lowest BCUT2D eigenvalue weighted by atomic mass is 10.2. The van der Waals surface area contributed by atoms with E-state index < -0.39 is 0 Å². The summed E-state index contributed by atoms with van der Waals surface area (Å²) in [6.07, 6.45) is 0. The van der Waals surface area contributed by atoms with Gasteiger partial charge in [-0.1, -0.05) is 17.7 Å². The highest BCUT2D eigenvalue weighted by Gasteiger charge is 2.11. The van der Waals surface area contributed by atoms with Crippen molar-refractivity contribution in [1.82, 2.24) is 9.36 Å². The number of nitrogens with zero attached hydrogens (tertiary/aromatic N) is 2. The number of aromatic nitrogens is 2. The van der Waals surface area contributed by atoms with Crippen LogP contribution in [0.3, 0.4) is 0 Å². The Morgan fingerprint density at radius 3 is 2.32 bits per heavy atom. The fourth-order valence-electron chi connectivity index (χ4n) is 2.22. The molecular weight excluding hydrogens is 399 g/mol. The van der Waals surface area contributed by atoms with Crippen LogP contribution in [0.4, 0.5) is 15.2 Å². The summed E-state index contributed by atoms with van der Waals surface area (Å²) in [5.74, 6) is -0.0714. The largest absolute Gasteiger partial charge is 0.325 e. The van der Waals surface area contributed by atoms with Gasteiger partial charge in [0, 0.05) is 22.8 Å². The molecule has 9 heteroatoms. The van der Waals surface area contributed by atoms with E-state index in [0.717, 1.165) is 22.8 Å². The van der Waals surface area contributed by atoms with Crippen molar-refractivity contribution >= 4 is 45.9 Å². The molecule has 3 rings (SSSR count). The van der Waals surface area contributed by atoms with Crippen LogP contribution in [-0.4, -0.2) is 32.7 Å². The van der Waals surface area contributed by atoms with Crippen molar-refractivity contribution in [3.63, 3.8) is 0 Å². The Kier molecular flexibility index (Phi) is 6.72. The van der Waals surface area contributed by atoms with Crippen molar-refractivity contribution in [1.29, 1.82) is 0 Å². The monoisotopic (exact) mass is 416 g/mol. The minimum absolute atomic E-state index is 0.118. The number of hydrogen-bond acceptors (Lipinski definition) is 6. The number of aryl methyl sites for hydroxylation is 1. The molecule has 0 radical (unpaired) electrons. The Hall–Kier alpha value is -2.78. The minimum Gasteiger partial charge on any atom is -0.325 e. The molecule has 0 fully saturated rings. The van der Waals surface area contributed by atoms with Crippen molar-refractivity contribution in [3.05, 3.63) is 59.9 Å². The van der Waals surface area contributed by atoms with Gasteiger partial charge in [0.25, 0.3) is 0 Å². The van der Waals surface area contributed by atoms with Gasteiger partial charge in [-0.05, 0) is 43.3 Å². The molecule has 0 saturated carbocycles. The van der Waals surface area contributed by atoms with Gasteiger partial charge in [-0.25, -0.2) is 4.39 Å². The fourth-order valence-corrected chi connectivity index (χ4v) is 3.44. The first-order valence-electron chi connectivity index (χ1n) is 8.33. The summed E-state index contributed by atoms with van der Waals surface area (Å²) < 4.78 is 17.1. The average molecular weight is 417 g/mol. The summed E-state index contributed by atoms with van der Waals surface area (Å²) >= 11 is 2.25. The number of carbonyl (C=O) groups excluding carboxylic acids is 2. The highest BCUT2D eigenvalue weighted by Crippen LogP contribution is 2.21. The van der Waals surface area contributed by atoms with Crippen LogP contribution in [0.25, 0.3) is 11.4 Å². The minimum atomic E-state index is -0.337. The van der Waals surface area contributed by atoms with Gasteiger partial charge in [0.1, 0.15) is 5.82 Å². The summed E-state index contributed by atoms with van der Waals surface area (Å²) in [6.45, 7) is 1.97. The summed E-state index contributed by atoms with van der Waals surface area (Å²) in [5, 5.41) is 5.79. The van der Waals surface area contributed by atoms with E-state index in [9.17, 15) is 14.0 Å². The predicted molar refractivity (Wildman–Crippen MR) is 111 cm³/mol. The number of nitrogens with one attached hydrogen (secondary N) is 2. The third-order valence-electron chi connectivity index (χ3n) is 3.58. The van der Waals surface area contributed by atoms with E-state index in [1.54, 1.807) is 12.1 Å². The number of halogens is 1. The molecule has 2 aromatic carbocycles. The number of amides is 2. The molecule has 0 unspecified atom stereocenters. The second kappa shape index (κ2) is 9.43. The first-order valence-corrected chi connectivity index (χ1v) is 10.3. The maximum absolute atomic E-state index is 13.0. The zero-order chi connectivity index (χ0) is 19.9. The molecule has 3 aromatic rings. The number of anilines is 2. The van der Waals surface area contributed by atoms with Gasteiger partial charge in [0.15, 0.2) is 5.82 Å². The summed E-state index contributed by atoms with van der Waals surface area (Å²) in [5.41, 5.74) is 2.51. The Morgan fingerprint density at radius 1 is 1.00 bits per heavy atom. The topological polar surface area (TPSA) is 84.0 Å². The van der Waals surface area contributed by atoms with Gasteiger partial charge in [0.05, 0.1) is 11.5 Å².